The first kappa shape index (κ1) is 23.8. The summed E-state index contributed by atoms with van der Waals surface area (Å²) in [6.45, 7) is 8.31. The third-order valence-electron chi connectivity index (χ3n) is 5.01. The van der Waals surface area contributed by atoms with E-state index < -0.39 is 5.82 Å². The van der Waals surface area contributed by atoms with Crippen LogP contribution in [0.4, 0.5) is 4.39 Å². The van der Waals surface area contributed by atoms with Gasteiger partial charge in [0.15, 0.2) is 0 Å². The van der Waals surface area contributed by atoms with Gasteiger partial charge in [-0.1, -0.05) is 19.9 Å². The summed E-state index contributed by atoms with van der Waals surface area (Å²) in [6, 6.07) is 9.89. The van der Waals surface area contributed by atoms with Gasteiger partial charge in [0.05, 0.1) is 11.3 Å². The molecule has 1 aromatic carbocycles. The Morgan fingerprint density at radius 1 is 1.03 bits per heavy atom. The van der Waals surface area contributed by atoms with Gasteiger partial charge in [-0.15, -0.1) is 0 Å². The summed E-state index contributed by atoms with van der Waals surface area (Å²) in [5.74, 6) is -0.400. The fourth-order valence-electron chi connectivity index (χ4n) is 3.37. The Labute approximate surface area is 179 Å². The van der Waals surface area contributed by atoms with E-state index in [1.165, 1.54) is 38.1 Å². The van der Waals surface area contributed by atoms with Gasteiger partial charge in [0.2, 0.25) is 0 Å². The highest BCUT2D eigenvalue weighted by atomic mass is 19.1. The molecule has 164 valence electrons. The molecule has 2 aliphatic rings. The minimum Gasteiger partial charge on any atom is -0.487 e. The van der Waals surface area contributed by atoms with Crippen molar-refractivity contribution in [2.24, 2.45) is 0 Å². The molecule has 1 aromatic heterocycles. The highest BCUT2D eigenvalue weighted by Crippen LogP contribution is 2.20. The maximum atomic E-state index is 14.1. The number of hydrogen-bond acceptors (Lipinski definition) is 4. The molecule has 1 amide bonds. The molecule has 2 fully saturated rings. The summed E-state index contributed by atoms with van der Waals surface area (Å²) >= 11 is 0. The molecule has 5 nitrogen and oxygen atoms in total. The third-order valence-corrected chi connectivity index (χ3v) is 5.01. The van der Waals surface area contributed by atoms with Crippen LogP contribution < -0.4 is 4.74 Å². The molecule has 4 rings (SSSR count). The van der Waals surface area contributed by atoms with Crippen LogP contribution >= 0.6 is 0 Å². The molecule has 0 atom stereocenters. The van der Waals surface area contributed by atoms with Crippen molar-refractivity contribution < 1.29 is 13.9 Å². The number of halogens is 1. The van der Waals surface area contributed by atoms with Crippen LogP contribution in [0.5, 0.6) is 5.75 Å². The summed E-state index contributed by atoms with van der Waals surface area (Å²) in [6.07, 6.45) is 6.47. The van der Waals surface area contributed by atoms with Crippen molar-refractivity contribution in [3.8, 4) is 5.75 Å². The molecule has 0 spiro atoms. The van der Waals surface area contributed by atoms with Crippen molar-refractivity contribution >= 4 is 5.91 Å². The van der Waals surface area contributed by atoms with E-state index in [1.54, 1.807) is 17.2 Å². The zero-order valence-electron chi connectivity index (χ0n) is 18.4. The average molecular weight is 416 g/mol. The number of carbonyl (C=O) groups is 1. The molecule has 30 heavy (non-hydrogen) atoms. The number of ether oxygens (including phenoxy) is 1. The summed E-state index contributed by atoms with van der Waals surface area (Å²) < 4.78 is 19.6. The second-order valence-corrected chi connectivity index (χ2v) is 7.26. The predicted octanol–water partition coefficient (Wildman–Crippen LogP) is 4.77. The van der Waals surface area contributed by atoms with Gasteiger partial charge in [0, 0.05) is 25.4 Å². The van der Waals surface area contributed by atoms with Gasteiger partial charge in [-0.25, -0.2) is 4.39 Å². The molecule has 2 saturated heterocycles. The van der Waals surface area contributed by atoms with Crippen LogP contribution in [0.2, 0.25) is 0 Å². The first-order chi connectivity index (χ1) is 14.6. The highest BCUT2D eigenvalue weighted by Gasteiger charge is 2.22. The normalized spacial score (nSPS) is 15.7. The van der Waals surface area contributed by atoms with Crippen molar-refractivity contribution in [1.82, 2.24) is 14.8 Å². The number of rotatable bonds is 4. The standard InChI is InChI=1S/C17H17FN2O2.C5H11N.C2H6/c18-16-11-14(22-12-13-5-1-2-8-19-13)6-7-15(16)17(21)20-9-3-4-10-20;1-6-4-2-3-5-6;1-2/h1-2,5-8,11H,3-4,9-10,12H2;2-5H2,1H3;1-2H3. The fourth-order valence-corrected chi connectivity index (χ4v) is 3.37. The number of benzene rings is 1. The van der Waals surface area contributed by atoms with Gasteiger partial charge < -0.3 is 14.5 Å². The lowest BCUT2D eigenvalue weighted by atomic mass is 10.2. The second kappa shape index (κ2) is 13.0. The van der Waals surface area contributed by atoms with Gasteiger partial charge in [-0.3, -0.25) is 9.78 Å². The molecular weight excluding hydrogens is 381 g/mol. The number of amides is 1. The first-order valence-electron chi connectivity index (χ1n) is 10.9. The van der Waals surface area contributed by atoms with E-state index in [1.807, 2.05) is 32.0 Å². The largest absolute Gasteiger partial charge is 0.487 e. The van der Waals surface area contributed by atoms with E-state index in [-0.39, 0.29) is 18.1 Å². The Bertz CT molecular complexity index is 758. The second-order valence-electron chi connectivity index (χ2n) is 7.26. The number of aromatic nitrogens is 1. The van der Waals surface area contributed by atoms with Crippen molar-refractivity contribution in [1.29, 1.82) is 0 Å². The van der Waals surface area contributed by atoms with Gasteiger partial charge in [-0.2, -0.15) is 0 Å². The smallest absolute Gasteiger partial charge is 0.256 e. The van der Waals surface area contributed by atoms with Crippen molar-refractivity contribution in [3.05, 3.63) is 59.7 Å². The molecule has 2 aliphatic heterocycles. The van der Waals surface area contributed by atoms with E-state index >= 15 is 0 Å². The molecule has 6 heteroatoms. The van der Waals surface area contributed by atoms with Crippen LogP contribution in [0.1, 0.15) is 55.6 Å². The molecule has 2 aromatic rings. The Balaban J connectivity index is 0.000000340. The van der Waals surface area contributed by atoms with E-state index in [9.17, 15) is 9.18 Å². The fraction of sp³-hybridized carbons (Fsp3) is 0.500. The Kier molecular flexibility index (Phi) is 10.3. The molecular formula is C24H34FN3O2. The Hall–Kier alpha value is -2.47. The highest BCUT2D eigenvalue weighted by molar-refractivity contribution is 5.94. The van der Waals surface area contributed by atoms with E-state index in [2.05, 4.69) is 16.9 Å². The Morgan fingerprint density at radius 2 is 1.70 bits per heavy atom. The van der Waals surface area contributed by atoms with Gasteiger partial charge in [0.25, 0.3) is 5.91 Å². The van der Waals surface area contributed by atoms with Gasteiger partial charge in [-0.05, 0) is 70.1 Å². The molecule has 0 unspecified atom stereocenters. The van der Waals surface area contributed by atoms with Crippen molar-refractivity contribution in [2.45, 2.75) is 46.1 Å². The molecule has 0 aliphatic carbocycles. The van der Waals surface area contributed by atoms with E-state index in [4.69, 9.17) is 4.74 Å². The maximum absolute atomic E-state index is 14.1. The zero-order valence-corrected chi connectivity index (χ0v) is 18.4. The van der Waals surface area contributed by atoms with Gasteiger partial charge in [0.1, 0.15) is 18.2 Å². The van der Waals surface area contributed by atoms with Crippen LogP contribution in [0, 0.1) is 5.82 Å². The number of carbonyl (C=O) groups excluding carboxylic acids is 1. The van der Waals surface area contributed by atoms with Crippen molar-refractivity contribution in [2.75, 3.05) is 33.2 Å². The Morgan fingerprint density at radius 3 is 2.23 bits per heavy atom. The first-order valence-corrected chi connectivity index (χ1v) is 10.9. The lowest BCUT2D eigenvalue weighted by Gasteiger charge is -2.16. The topological polar surface area (TPSA) is 45.7 Å². The quantitative estimate of drug-likeness (QED) is 0.721. The van der Waals surface area contributed by atoms with Crippen LogP contribution in [0.25, 0.3) is 0 Å². The molecule has 0 N–H and O–H groups in total. The lowest BCUT2D eigenvalue weighted by Crippen LogP contribution is -2.28. The van der Waals surface area contributed by atoms with Crippen LogP contribution in [-0.4, -0.2) is 53.9 Å². The lowest BCUT2D eigenvalue weighted by molar-refractivity contribution is 0.0788. The van der Waals surface area contributed by atoms with E-state index in [0.717, 1.165) is 18.5 Å². The predicted molar refractivity (Wildman–Crippen MR) is 118 cm³/mol. The van der Waals surface area contributed by atoms with Gasteiger partial charge >= 0.3 is 0 Å². The number of pyridine rings is 1. The number of nitrogens with zero attached hydrogens (tertiary/aromatic N) is 3. The average Bonchev–Trinajstić information content (AvgIpc) is 3.49. The van der Waals surface area contributed by atoms with E-state index in [0.29, 0.717) is 18.8 Å². The van der Waals surface area contributed by atoms with Crippen LogP contribution in [0.15, 0.2) is 42.6 Å². The minimum absolute atomic E-state index is 0.104. The number of likely N-dealkylation sites (tertiary alicyclic amines) is 2. The van der Waals surface area contributed by atoms with Crippen LogP contribution in [-0.2, 0) is 6.61 Å². The summed E-state index contributed by atoms with van der Waals surface area (Å²) in [5, 5.41) is 0. The van der Waals surface area contributed by atoms with Crippen LogP contribution in [0.3, 0.4) is 0 Å². The monoisotopic (exact) mass is 415 g/mol. The molecule has 0 radical (unpaired) electrons. The third kappa shape index (κ3) is 7.41. The summed E-state index contributed by atoms with van der Waals surface area (Å²) in [4.78, 5) is 20.4. The maximum Gasteiger partial charge on any atom is 0.256 e. The SMILES string of the molecule is CC.CN1CCCC1.O=C(c1ccc(OCc2ccccn2)cc1F)N1CCCC1. The number of hydrogen-bond donors (Lipinski definition) is 0. The minimum atomic E-state index is -0.546. The zero-order chi connectivity index (χ0) is 21.8. The molecule has 3 heterocycles. The molecule has 0 bridgehead atoms. The molecule has 0 saturated carbocycles. The summed E-state index contributed by atoms with van der Waals surface area (Å²) in [7, 11) is 2.17. The summed E-state index contributed by atoms with van der Waals surface area (Å²) in [5.41, 5.74) is 0.868. The van der Waals surface area contributed by atoms with Crippen molar-refractivity contribution in [3.63, 3.8) is 0 Å².